The third kappa shape index (κ3) is 4.53. The van der Waals surface area contributed by atoms with Gasteiger partial charge in [0, 0.05) is 17.9 Å². The maximum atomic E-state index is 13.3. The molecule has 0 spiro atoms. The second-order valence-corrected chi connectivity index (χ2v) is 10.7. The van der Waals surface area contributed by atoms with Crippen LogP contribution < -0.4 is 4.90 Å². The summed E-state index contributed by atoms with van der Waals surface area (Å²) in [5.41, 5.74) is 1.28. The molecule has 1 unspecified atom stereocenters. The molecule has 180 valence electrons. The number of non-ortho nitro benzene ring substituents is 1. The third-order valence-corrected chi connectivity index (χ3v) is 8.42. The predicted molar refractivity (Wildman–Crippen MR) is 138 cm³/mol. The summed E-state index contributed by atoms with van der Waals surface area (Å²) in [5.74, 6) is -1.30. The first-order valence-corrected chi connectivity index (χ1v) is 13.2. The Morgan fingerprint density at radius 1 is 1.08 bits per heavy atom. The molecule has 0 bridgehead atoms. The molecule has 1 amide bonds. The monoisotopic (exact) mass is 536 g/mol. The Bertz CT molecular complexity index is 1470. The summed E-state index contributed by atoms with van der Waals surface area (Å²) in [7, 11) is 0. The van der Waals surface area contributed by atoms with Gasteiger partial charge in [0.05, 0.1) is 21.4 Å². The molecule has 0 saturated heterocycles. The smallest absolute Gasteiger partial charge is 0.296 e. The van der Waals surface area contributed by atoms with E-state index in [0.29, 0.717) is 20.5 Å². The Kier molecular flexibility index (Phi) is 6.63. The van der Waals surface area contributed by atoms with Crippen molar-refractivity contribution in [2.75, 3.05) is 4.90 Å². The predicted octanol–water partition coefficient (Wildman–Crippen LogP) is 5.58. The van der Waals surface area contributed by atoms with E-state index >= 15 is 0 Å². The highest BCUT2D eigenvalue weighted by molar-refractivity contribution is 8.00. The van der Waals surface area contributed by atoms with Crippen LogP contribution in [-0.2, 0) is 10.5 Å². The van der Waals surface area contributed by atoms with Crippen molar-refractivity contribution in [3.8, 4) is 0 Å². The fourth-order valence-corrected chi connectivity index (χ4v) is 6.25. The van der Waals surface area contributed by atoms with E-state index in [-0.39, 0.29) is 16.4 Å². The van der Waals surface area contributed by atoms with Crippen molar-refractivity contribution in [2.24, 2.45) is 0 Å². The lowest BCUT2D eigenvalue weighted by Gasteiger charge is -2.23. The van der Waals surface area contributed by atoms with Crippen LogP contribution in [0.15, 0.2) is 87.8 Å². The molecule has 1 aliphatic heterocycles. The standard InChI is InChI=1S/C24H16N4O5S3/c29-20(17-7-4-12-34-17)18-19(15-8-10-16(11-9-15)28(32)33)27(22(31)21(18)30)23-25-26-24(36-23)35-13-14-5-2-1-3-6-14/h1-12,19,30H,13H2. The molecule has 1 N–H and O–H groups in total. The zero-order valence-electron chi connectivity index (χ0n) is 18.3. The normalized spacial score (nSPS) is 15.5. The Morgan fingerprint density at radius 2 is 1.83 bits per heavy atom. The molecule has 3 heterocycles. The van der Waals surface area contributed by atoms with Crippen LogP contribution in [0.5, 0.6) is 0 Å². The van der Waals surface area contributed by atoms with Crippen LogP contribution in [0.1, 0.15) is 26.8 Å². The van der Waals surface area contributed by atoms with Crippen LogP contribution in [0.3, 0.4) is 0 Å². The highest BCUT2D eigenvalue weighted by Gasteiger charge is 2.46. The van der Waals surface area contributed by atoms with E-state index in [2.05, 4.69) is 10.2 Å². The van der Waals surface area contributed by atoms with Gasteiger partial charge >= 0.3 is 0 Å². The molecule has 2 aromatic heterocycles. The van der Waals surface area contributed by atoms with E-state index in [4.69, 9.17) is 0 Å². The molecule has 2 aromatic carbocycles. The number of carbonyl (C=O) groups excluding carboxylic acids is 2. The van der Waals surface area contributed by atoms with Gasteiger partial charge in [-0.3, -0.25) is 24.6 Å². The number of rotatable bonds is 8. The van der Waals surface area contributed by atoms with E-state index in [9.17, 15) is 24.8 Å². The van der Waals surface area contributed by atoms with Crippen LogP contribution in [-0.4, -0.2) is 31.9 Å². The van der Waals surface area contributed by atoms with Crippen LogP contribution in [0.4, 0.5) is 10.8 Å². The Labute approximate surface area is 216 Å². The topological polar surface area (TPSA) is 127 Å². The zero-order valence-corrected chi connectivity index (χ0v) is 20.8. The quantitative estimate of drug-likeness (QED) is 0.102. The average Bonchev–Trinajstić information content (AvgIpc) is 3.64. The number of carbonyl (C=O) groups is 2. The molecule has 4 aromatic rings. The zero-order chi connectivity index (χ0) is 25.2. The summed E-state index contributed by atoms with van der Waals surface area (Å²) in [6.07, 6.45) is 0. The van der Waals surface area contributed by atoms with Gasteiger partial charge in [0.25, 0.3) is 11.6 Å². The Morgan fingerprint density at radius 3 is 2.50 bits per heavy atom. The maximum Gasteiger partial charge on any atom is 0.296 e. The number of ketones is 1. The van der Waals surface area contributed by atoms with Gasteiger partial charge in [0.15, 0.2) is 10.1 Å². The van der Waals surface area contributed by atoms with E-state index in [0.717, 1.165) is 16.9 Å². The molecular weight excluding hydrogens is 520 g/mol. The van der Waals surface area contributed by atoms with Gasteiger partial charge in [0.2, 0.25) is 10.9 Å². The SMILES string of the molecule is O=C(C1=C(O)C(=O)N(c2nnc(SCc3ccccc3)s2)C1c1ccc([N+](=O)[O-])cc1)c1cccs1. The first-order chi connectivity index (χ1) is 17.4. The molecule has 0 fully saturated rings. The number of benzene rings is 2. The number of nitrogens with zero attached hydrogens (tertiary/aromatic N) is 4. The average molecular weight is 537 g/mol. The molecule has 0 aliphatic carbocycles. The third-order valence-electron chi connectivity index (χ3n) is 5.42. The van der Waals surface area contributed by atoms with E-state index in [1.165, 1.54) is 52.3 Å². The van der Waals surface area contributed by atoms with Crippen molar-refractivity contribution in [3.63, 3.8) is 0 Å². The summed E-state index contributed by atoms with van der Waals surface area (Å²) in [6, 6.07) is 17.6. The number of amides is 1. The minimum Gasteiger partial charge on any atom is -0.503 e. The molecule has 12 heteroatoms. The largest absolute Gasteiger partial charge is 0.503 e. The summed E-state index contributed by atoms with van der Waals surface area (Å²) in [4.78, 5) is 38.7. The molecule has 36 heavy (non-hydrogen) atoms. The number of hydrogen-bond acceptors (Lipinski definition) is 10. The molecule has 5 rings (SSSR count). The number of thioether (sulfide) groups is 1. The number of Topliss-reactive ketones (excluding diaryl/α,β-unsaturated/α-hetero) is 1. The van der Waals surface area contributed by atoms with Gasteiger partial charge in [-0.2, -0.15) is 0 Å². The van der Waals surface area contributed by atoms with Gasteiger partial charge < -0.3 is 5.11 Å². The number of thiophene rings is 1. The van der Waals surface area contributed by atoms with Crippen molar-refractivity contribution in [3.05, 3.63) is 110 Å². The van der Waals surface area contributed by atoms with Crippen molar-refractivity contribution >= 4 is 56.9 Å². The number of nitro benzene ring substituents is 1. The van der Waals surface area contributed by atoms with Crippen LogP contribution >= 0.6 is 34.4 Å². The molecule has 9 nitrogen and oxygen atoms in total. The van der Waals surface area contributed by atoms with Gasteiger partial charge in [-0.25, -0.2) is 0 Å². The fourth-order valence-electron chi connectivity index (χ4n) is 3.75. The van der Waals surface area contributed by atoms with Crippen LogP contribution in [0.25, 0.3) is 0 Å². The number of anilines is 1. The minimum atomic E-state index is -1.02. The fraction of sp³-hybridized carbons (Fsp3) is 0.0833. The number of hydrogen-bond donors (Lipinski definition) is 1. The Balaban J connectivity index is 1.51. The van der Waals surface area contributed by atoms with Crippen molar-refractivity contribution in [2.45, 2.75) is 16.1 Å². The first kappa shape index (κ1) is 23.9. The second kappa shape index (κ2) is 10.0. The number of nitro groups is 1. The number of aliphatic hydroxyl groups excluding tert-OH is 1. The first-order valence-electron chi connectivity index (χ1n) is 10.5. The highest BCUT2D eigenvalue weighted by atomic mass is 32.2. The van der Waals surface area contributed by atoms with E-state index < -0.39 is 28.4 Å². The Hall–Kier alpha value is -3.87. The van der Waals surface area contributed by atoms with Gasteiger partial charge in [-0.15, -0.1) is 21.5 Å². The van der Waals surface area contributed by atoms with Gasteiger partial charge in [0.1, 0.15) is 0 Å². The van der Waals surface area contributed by atoms with Crippen LogP contribution in [0, 0.1) is 10.1 Å². The molecule has 1 atom stereocenters. The van der Waals surface area contributed by atoms with Gasteiger partial charge in [-0.1, -0.05) is 59.5 Å². The maximum absolute atomic E-state index is 13.3. The molecule has 0 saturated carbocycles. The summed E-state index contributed by atoms with van der Waals surface area (Å²) in [6.45, 7) is 0. The van der Waals surface area contributed by atoms with Crippen molar-refractivity contribution < 1.29 is 19.6 Å². The molecular formula is C24H16N4O5S3. The van der Waals surface area contributed by atoms with Crippen LogP contribution in [0.2, 0.25) is 0 Å². The molecule has 1 aliphatic rings. The van der Waals surface area contributed by atoms with E-state index in [1.54, 1.807) is 17.5 Å². The summed E-state index contributed by atoms with van der Waals surface area (Å²) < 4.78 is 0.613. The van der Waals surface area contributed by atoms with Crippen molar-refractivity contribution in [1.82, 2.24) is 10.2 Å². The van der Waals surface area contributed by atoms with Gasteiger partial charge in [-0.05, 0) is 34.7 Å². The highest BCUT2D eigenvalue weighted by Crippen LogP contribution is 2.44. The number of aromatic nitrogens is 2. The number of aliphatic hydroxyl groups is 1. The summed E-state index contributed by atoms with van der Waals surface area (Å²) >= 11 is 3.80. The summed E-state index contributed by atoms with van der Waals surface area (Å²) in [5, 5.41) is 32.2. The lowest BCUT2D eigenvalue weighted by molar-refractivity contribution is -0.384. The minimum absolute atomic E-state index is 0.106. The molecule has 0 radical (unpaired) electrons. The van der Waals surface area contributed by atoms with Crippen molar-refractivity contribution in [1.29, 1.82) is 0 Å². The lowest BCUT2D eigenvalue weighted by Crippen LogP contribution is -2.31. The second-order valence-electron chi connectivity index (χ2n) is 7.62. The van der Waals surface area contributed by atoms with E-state index in [1.807, 2.05) is 30.3 Å². The lowest BCUT2D eigenvalue weighted by atomic mass is 9.95.